The van der Waals surface area contributed by atoms with Crippen molar-refractivity contribution in [1.29, 1.82) is 0 Å². The van der Waals surface area contributed by atoms with E-state index in [9.17, 15) is 19.6 Å². The van der Waals surface area contributed by atoms with Crippen molar-refractivity contribution in [3.63, 3.8) is 0 Å². The first-order valence-corrected chi connectivity index (χ1v) is 10.9. The van der Waals surface area contributed by atoms with Gasteiger partial charge in [-0.3, -0.25) is 9.59 Å². The van der Waals surface area contributed by atoms with Crippen molar-refractivity contribution < 1.29 is 19.6 Å². The van der Waals surface area contributed by atoms with E-state index in [0.29, 0.717) is 34.2 Å². The number of hydrogen-bond acceptors (Lipinski definition) is 4. The van der Waals surface area contributed by atoms with Gasteiger partial charge in [0.15, 0.2) is 11.6 Å². The van der Waals surface area contributed by atoms with Gasteiger partial charge in [0.05, 0.1) is 0 Å². The summed E-state index contributed by atoms with van der Waals surface area (Å²) in [7, 11) is -1.61. The van der Waals surface area contributed by atoms with Crippen molar-refractivity contribution in [2.24, 2.45) is 0 Å². The molecule has 31 heavy (non-hydrogen) atoms. The fourth-order valence-electron chi connectivity index (χ4n) is 6.10. The van der Waals surface area contributed by atoms with Crippen LogP contribution in [0.25, 0.3) is 10.8 Å². The number of rotatable bonds is 2. The molecule has 4 bridgehead atoms. The standard InChI is InChI=1S/C26H21BO4/c1-2-16-17-7-8-22(27(30)31)23(16)20-11-15(17)12-21-24(20)26(29)19-10-14-6-4-3-5-13(14)9-18(19)25(21)28/h3-10,15,20,30-31H,2,11-12H2,1H3/t15-,20-/m1/s1. The third-order valence-corrected chi connectivity index (χ3v) is 7.39. The summed E-state index contributed by atoms with van der Waals surface area (Å²) in [4.78, 5) is 27.4. The Bertz CT molecular complexity index is 1350. The smallest absolute Gasteiger partial charge is 0.423 e. The van der Waals surface area contributed by atoms with Gasteiger partial charge in [-0.1, -0.05) is 43.3 Å². The van der Waals surface area contributed by atoms with E-state index in [-0.39, 0.29) is 23.4 Å². The van der Waals surface area contributed by atoms with Gasteiger partial charge in [0, 0.05) is 28.2 Å². The van der Waals surface area contributed by atoms with E-state index in [2.05, 4.69) is 6.92 Å². The second-order valence-corrected chi connectivity index (χ2v) is 8.85. The third-order valence-electron chi connectivity index (χ3n) is 7.39. The molecule has 3 aromatic carbocycles. The van der Waals surface area contributed by atoms with Gasteiger partial charge in [0.2, 0.25) is 0 Å². The van der Waals surface area contributed by atoms with E-state index in [4.69, 9.17) is 0 Å². The molecule has 0 aliphatic heterocycles. The van der Waals surface area contributed by atoms with Crippen LogP contribution < -0.4 is 5.46 Å². The molecule has 4 nitrogen and oxygen atoms in total. The summed E-state index contributed by atoms with van der Waals surface area (Å²) >= 11 is 0. The topological polar surface area (TPSA) is 74.6 Å². The lowest BCUT2D eigenvalue weighted by Gasteiger charge is -2.42. The van der Waals surface area contributed by atoms with E-state index in [1.54, 1.807) is 6.07 Å². The van der Waals surface area contributed by atoms with Gasteiger partial charge in [-0.05, 0) is 70.2 Å². The minimum Gasteiger partial charge on any atom is -0.423 e. The highest BCUT2D eigenvalue weighted by atomic mass is 16.4. The van der Waals surface area contributed by atoms with Crippen molar-refractivity contribution in [2.75, 3.05) is 0 Å². The van der Waals surface area contributed by atoms with Gasteiger partial charge < -0.3 is 10.0 Å². The summed E-state index contributed by atoms with van der Waals surface area (Å²) in [6.45, 7) is 2.06. The molecule has 0 saturated carbocycles. The van der Waals surface area contributed by atoms with Gasteiger partial charge in [-0.15, -0.1) is 0 Å². The maximum absolute atomic E-state index is 13.8. The van der Waals surface area contributed by atoms with Gasteiger partial charge in [-0.2, -0.15) is 0 Å². The average Bonchev–Trinajstić information content (AvgIpc) is 2.79. The summed E-state index contributed by atoms with van der Waals surface area (Å²) in [5, 5.41) is 22.0. The number of allylic oxidation sites excluding steroid dienone is 2. The van der Waals surface area contributed by atoms with E-state index in [0.717, 1.165) is 34.7 Å². The largest absolute Gasteiger partial charge is 0.488 e. The molecule has 3 aromatic rings. The van der Waals surface area contributed by atoms with Crippen LogP contribution in [-0.4, -0.2) is 28.7 Å². The minimum absolute atomic E-state index is 0.0562. The highest BCUT2D eigenvalue weighted by Gasteiger charge is 2.46. The highest BCUT2D eigenvalue weighted by Crippen LogP contribution is 2.53. The lowest BCUT2D eigenvalue weighted by Crippen LogP contribution is -2.41. The fourth-order valence-corrected chi connectivity index (χ4v) is 6.10. The molecule has 0 radical (unpaired) electrons. The first-order chi connectivity index (χ1) is 15.0. The molecule has 3 aliphatic carbocycles. The van der Waals surface area contributed by atoms with Crippen LogP contribution >= 0.6 is 0 Å². The summed E-state index contributed by atoms with van der Waals surface area (Å²) in [5.41, 5.74) is 5.69. The number of Topliss-reactive ketones (excluding diaryl/α,β-unsaturated/α-hetero) is 2. The van der Waals surface area contributed by atoms with Crippen molar-refractivity contribution in [3.8, 4) is 0 Å². The van der Waals surface area contributed by atoms with Crippen molar-refractivity contribution in [3.05, 3.63) is 87.5 Å². The molecule has 0 unspecified atom stereocenters. The van der Waals surface area contributed by atoms with Crippen molar-refractivity contribution in [1.82, 2.24) is 0 Å². The Labute approximate surface area is 180 Å². The minimum atomic E-state index is -1.61. The molecule has 2 N–H and O–H groups in total. The Kier molecular flexibility index (Phi) is 3.92. The Balaban J connectivity index is 1.60. The Hall–Kier alpha value is -3.02. The predicted molar refractivity (Wildman–Crippen MR) is 120 cm³/mol. The summed E-state index contributed by atoms with van der Waals surface area (Å²) < 4.78 is 0. The lowest BCUT2D eigenvalue weighted by atomic mass is 9.57. The number of carbonyl (C=O) groups excluding carboxylic acids is 2. The third kappa shape index (κ3) is 2.45. The van der Waals surface area contributed by atoms with Gasteiger partial charge >= 0.3 is 7.12 Å². The van der Waals surface area contributed by atoms with E-state index >= 15 is 0 Å². The van der Waals surface area contributed by atoms with Crippen LogP contribution in [-0.2, 0) is 6.42 Å². The molecule has 0 saturated heterocycles. The van der Waals surface area contributed by atoms with Crippen LogP contribution in [0.4, 0.5) is 0 Å². The SMILES string of the molecule is CCc1c2ccc(B(O)O)c1[C@H]1C[C@@H]2CC2=C1C(=O)c1cc3ccccc3cc1C2=O. The molecule has 0 aromatic heterocycles. The van der Waals surface area contributed by atoms with Crippen LogP contribution in [0.3, 0.4) is 0 Å². The maximum atomic E-state index is 13.8. The Morgan fingerprint density at radius 2 is 1.65 bits per heavy atom. The van der Waals surface area contributed by atoms with E-state index < -0.39 is 7.12 Å². The summed E-state index contributed by atoms with van der Waals surface area (Å²) in [6.07, 6.45) is 2.05. The monoisotopic (exact) mass is 408 g/mol. The summed E-state index contributed by atoms with van der Waals surface area (Å²) in [5.74, 6) is -0.244. The molecule has 0 amide bonds. The average molecular weight is 408 g/mol. The molecule has 0 fully saturated rings. The summed E-state index contributed by atoms with van der Waals surface area (Å²) in [6, 6.07) is 15.2. The second kappa shape index (κ2) is 6.49. The first kappa shape index (κ1) is 18.7. The van der Waals surface area contributed by atoms with Crippen molar-refractivity contribution >= 4 is 34.9 Å². The number of fused-ring (bicyclic) bond motifs is 9. The van der Waals surface area contributed by atoms with Crippen LogP contribution in [0.2, 0.25) is 0 Å². The molecular formula is C26H21BO4. The zero-order valence-corrected chi connectivity index (χ0v) is 17.2. The van der Waals surface area contributed by atoms with Crippen LogP contribution in [0.15, 0.2) is 59.7 Å². The molecule has 152 valence electrons. The van der Waals surface area contributed by atoms with E-state index in [1.807, 2.05) is 42.5 Å². The van der Waals surface area contributed by atoms with Crippen LogP contribution in [0, 0.1) is 0 Å². The molecule has 0 heterocycles. The molecule has 6 rings (SSSR count). The van der Waals surface area contributed by atoms with Crippen molar-refractivity contribution in [2.45, 2.75) is 38.0 Å². The molecule has 2 atom stereocenters. The normalized spacial score (nSPS) is 21.3. The quantitative estimate of drug-likeness (QED) is 0.638. The maximum Gasteiger partial charge on any atom is 0.488 e. The zero-order chi connectivity index (χ0) is 21.4. The number of carbonyl (C=O) groups is 2. The highest BCUT2D eigenvalue weighted by molar-refractivity contribution is 6.59. The van der Waals surface area contributed by atoms with Crippen LogP contribution in [0.1, 0.15) is 69.0 Å². The number of ketones is 2. The second-order valence-electron chi connectivity index (χ2n) is 8.85. The number of benzene rings is 3. The Morgan fingerprint density at radius 3 is 2.29 bits per heavy atom. The Morgan fingerprint density at radius 1 is 0.968 bits per heavy atom. The number of hydrogen-bond donors (Lipinski definition) is 2. The molecule has 3 aliphatic rings. The lowest BCUT2D eigenvalue weighted by molar-refractivity contribution is 0.0958. The van der Waals surface area contributed by atoms with Gasteiger partial charge in [0.25, 0.3) is 0 Å². The fraction of sp³-hybridized carbons (Fsp3) is 0.231. The van der Waals surface area contributed by atoms with E-state index in [1.165, 1.54) is 5.56 Å². The van der Waals surface area contributed by atoms with Gasteiger partial charge in [-0.25, -0.2) is 0 Å². The van der Waals surface area contributed by atoms with Crippen LogP contribution in [0.5, 0.6) is 0 Å². The molecule has 5 heteroatoms. The van der Waals surface area contributed by atoms with Gasteiger partial charge in [0.1, 0.15) is 0 Å². The molecular weight excluding hydrogens is 387 g/mol. The molecule has 0 spiro atoms. The predicted octanol–water partition coefficient (Wildman–Crippen LogP) is 3.43. The first-order valence-electron chi connectivity index (χ1n) is 10.9. The zero-order valence-electron chi connectivity index (χ0n) is 17.2.